The number of aryl methyl sites for hydroxylation is 1. The van der Waals surface area contributed by atoms with E-state index in [1.807, 2.05) is 52.0 Å². The second kappa shape index (κ2) is 12.0. The Hall–Kier alpha value is -2.94. The molecule has 0 aliphatic heterocycles. The lowest BCUT2D eigenvalue weighted by atomic mass is 10.1. The maximum atomic E-state index is 13.5. The van der Waals surface area contributed by atoms with Gasteiger partial charge in [-0.3, -0.25) is 13.9 Å². The van der Waals surface area contributed by atoms with Crippen LogP contribution in [0, 0.1) is 12.7 Å². The first-order valence-corrected chi connectivity index (χ1v) is 13.2. The van der Waals surface area contributed by atoms with Crippen molar-refractivity contribution < 1.29 is 22.4 Å². The number of rotatable bonds is 11. The van der Waals surface area contributed by atoms with E-state index in [0.717, 1.165) is 40.2 Å². The van der Waals surface area contributed by atoms with Crippen molar-refractivity contribution >= 4 is 27.5 Å². The highest BCUT2D eigenvalue weighted by Gasteiger charge is 2.32. The summed E-state index contributed by atoms with van der Waals surface area (Å²) in [5.74, 6) is -1.33. The molecule has 1 N–H and O–H groups in total. The SMILES string of the molecule is CC[C@H](C)NC(=O)[C@H](CC)N(Cc1ccc(C)cc1)C(=O)CN(c1ccc(F)cc1)S(C)(=O)=O. The molecule has 0 radical (unpaired) electrons. The predicted molar refractivity (Wildman–Crippen MR) is 132 cm³/mol. The molecule has 0 fully saturated rings. The summed E-state index contributed by atoms with van der Waals surface area (Å²) in [6, 6.07) is 11.6. The van der Waals surface area contributed by atoms with E-state index in [0.29, 0.717) is 6.42 Å². The van der Waals surface area contributed by atoms with E-state index < -0.39 is 34.3 Å². The van der Waals surface area contributed by atoms with Crippen LogP contribution in [0.5, 0.6) is 0 Å². The molecule has 0 aliphatic carbocycles. The normalized spacial score (nSPS) is 13.1. The van der Waals surface area contributed by atoms with Gasteiger partial charge in [0.15, 0.2) is 0 Å². The molecule has 0 aliphatic rings. The number of amides is 2. The fourth-order valence-electron chi connectivity index (χ4n) is 3.47. The van der Waals surface area contributed by atoms with Gasteiger partial charge in [-0.1, -0.05) is 43.7 Å². The molecular formula is C25H34FN3O4S. The number of halogens is 1. The van der Waals surface area contributed by atoms with Gasteiger partial charge in [0.05, 0.1) is 11.9 Å². The second-order valence-corrected chi connectivity index (χ2v) is 10.4. The van der Waals surface area contributed by atoms with Gasteiger partial charge in [-0.15, -0.1) is 0 Å². The van der Waals surface area contributed by atoms with Gasteiger partial charge in [0.2, 0.25) is 21.8 Å². The molecule has 2 rings (SSSR count). The van der Waals surface area contributed by atoms with E-state index in [4.69, 9.17) is 0 Å². The zero-order chi connectivity index (χ0) is 25.5. The average Bonchev–Trinajstić information content (AvgIpc) is 2.78. The van der Waals surface area contributed by atoms with Crippen LogP contribution >= 0.6 is 0 Å². The van der Waals surface area contributed by atoms with Gasteiger partial charge in [0, 0.05) is 12.6 Å². The summed E-state index contributed by atoms with van der Waals surface area (Å²) in [6.07, 6.45) is 2.08. The Bertz CT molecular complexity index is 1070. The van der Waals surface area contributed by atoms with Crippen LogP contribution in [0.4, 0.5) is 10.1 Å². The van der Waals surface area contributed by atoms with Gasteiger partial charge in [0.25, 0.3) is 0 Å². The molecule has 0 heterocycles. The van der Waals surface area contributed by atoms with Crippen LogP contribution in [-0.2, 0) is 26.2 Å². The molecule has 2 amide bonds. The van der Waals surface area contributed by atoms with E-state index in [1.54, 1.807) is 0 Å². The summed E-state index contributed by atoms with van der Waals surface area (Å²) in [7, 11) is -3.85. The second-order valence-electron chi connectivity index (χ2n) is 8.50. The highest BCUT2D eigenvalue weighted by Crippen LogP contribution is 2.20. The average molecular weight is 492 g/mol. The maximum absolute atomic E-state index is 13.5. The summed E-state index contributed by atoms with van der Waals surface area (Å²) in [6.45, 7) is 7.24. The first-order valence-electron chi connectivity index (χ1n) is 11.3. The smallest absolute Gasteiger partial charge is 0.244 e. The van der Waals surface area contributed by atoms with E-state index in [1.165, 1.54) is 17.0 Å². The minimum atomic E-state index is -3.85. The Morgan fingerprint density at radius 3 is 2.09 bits per heavy atom. The third-order valence-electron chi connectivity index (χ3n) is 5.65. The standard InChI is InChI=1S/C25H34FN3O4S/c1-6-19(4)27-25(31)23(7-2)28(16-20-10-8-18(3)9-11-20)24(30)17-29(34(5,32)33)22-14-12-21(26)13-15-22/h8-15,19,23H,6-7,16-17H2,1-5H3,(H,27,31)/t19-,23-/m0/s1. The summed E-state index contributed by atoms with van der Waals surface area (Å²) >= 11 is 0. The highest BCUT2D eigenvalue weighted by atomic mass is 32.2. The number of nitrogens with one attached hydrogen (secondary N) is 1. The molecule has 186 valence electrons. The van der Waals surface area contributed by atoms with Crippen molar-refractivity contribution in [3.8, 4) is 0 Å². The number of sulfonamides is 1. The van der Waals surface area contributed by atoms with Crippen molar-refractivity contribution in [1.82, 2.24) is 10.2 Å². The molecule has 2 atom stereocenters. The van der Waals surface area contributed by atoms with Gasteiger partial charge in [0.1, 0.15) is 18.4 Å². The molecule has 2 aromatic carbocycles. The van der Waals surface area contributed by atoms with E-state index >= 15 is 0 Å². The fourth-order valence-corrected chi connectivity index (χ4v) is 4.32. The number of hydrogen-bond donors (Lipinski definition) is 1. The topological polar surface area (TPSA) is 86.8 Å². The maximum Gasteiger partial charge on any atom is 0.244 e. The lowest BCUT2D eigenvalue weighted by Crippen LogP contribution is -2.53. The van der Waals surface area contributed by atoms with Crippen molar-refractivity contribution in [2.75, 3.05) is 17.1 Å². The van der Waals surface area contributed by atoms with Gasteiger partial charge < -0.3 is 10.2 Å². The first kappa shape index (κ1) is 27.3. The van der Waals surface area contributed by atoms with Gasteiger partial charge in [-0.05, 0) is 56.5 Å². The number of carbonyl (C=O) groups is 2. The van der Waals surface area contributed by atoms with Gasteiger partial charge in [-0.2, -0.15) is 0 Å². The van der Waals surface area contributed by atoms with E-state index in [-0.39, 0.29) is 24.2 Å². The zero-order valence-corrected chi connectivity index (χ0v) is 21.2. The Morgan fingerprint density at radius 1 is 1.00 bits per heavy atom. The quantitative estimate of drug-likeness (QED) is 0.520. The van der Waals surface area contributed by atoms with Crippen molar-refractivity contribution in [1.29, 1.82) is 0 Å². The van der Waals surface area contributed by atoms with Crippen LogP contribution < -0.4 is 9.62 Å². The molecule has 0 unspecified atom stereocenters. The lowest BCUT2D eigenvalue weighted by Gasteiger charge is -2.33. The van der Waals surface area contributed by atoms with Crippen LogP contribution in [0.2, 0.25) is 0 Å². The van der Waals surface area contributed by atoms with Crippen LogP contribution in [0.25, 0.3) is 0 Å². The number of anilines is 1. The van der Waals surface area contributed by atoms with Crippen molar-refractivity contribution in [3.63, 3.8) is 0 Å². The lowest BCUT2D eigenvalue weighted by molar-refractivity contribution is -0.140. The summed E-state index contributed by atoms with van der Waals surface area (Å²) < 4.78 is 39.3. The molecule has 0 aromatic heterocycles. The minimum absolute atomic E-state index is 0.0652. The minimum Gasteiger partial charge on any atom is -0.352 e. The molecular weight excluding hydrogens is 457 g/mol. The third-order valence-corrected chi connectivity index (χ3v) is 6.79. The molecule has 0 spiro atoms. The number of nitrogens with zero attached hydrogens (tertiary/aromatic N) is 2. The Labute approximate surface area is 202 Å². The summed E-state index contributed by atoms with van der Waals surface area (Å²) in [4.78, 5) is 28.0. The summed E-state index contributed by atoms with van der Waals surface area (Å²) in [5.41, 5.74) is 2.05. The van der Waals surface area contributed by atoms with Crippen molar-refractivity contribution in [3.05, 3.63) is 65.5 Å². The van der Waals surface area contributed by atoms with E-state index in [2.05, 4.69) is 5.32 Å². The monoisotopic (exact) mass is 491 g/mol. The van der Waals surface area contributed by atoms with Crippen LogP contribution in [0.15, 0.2) is 48.5 Å². The third kappa shape index (κ3) is 7.55. The summed E-state index contributed by atoms with van der Waals surface area (Å²) in [5, 5.41) is 2.93. The number of carbonyl (C=O) groups excluding carboxylic acids is 2. The number of hydrogen-bond acceptors (Lipinski definition) is 4. The van der Waals surface area contributed by atoms with Gasteiger partial charge >= 0.3 is 0 Å². The molecule has 0 saturated heterocycles. The highest BCUT2D eigenvalue weighted by molar-refractivity contribution is 7.92. The molecule has 0 bridgehead atoms. The Balaban J connectivity index is 2.41. The Kier molecular flexibility index (Phi) is 9.61. The number of benzene rings is 2. The Morgan fingerprint density at radius 2 is 1.59 bits per heavy atom. The van der Waals surface area contributed by atoms with Crippen molar-refractivity contribution in [2.24, 2.45) is 0 Å². The largest absolute Gasteiger partial charge is 0.352 e. The van der Waals surface area contributed by atoms with Crippen LogP contribution in [-0.4, -0.2) is 50.0 Å². The molecule has 0 saturated carbocycles. The molecule has 34 heavy (non-hydrogen) atoms. The molecule has 7 nitrogen and oxygen atoms in total. The van der Waals surface area contributed by atoms with Crippen LogP contribution in [0.3, 0.4) is 0 Å². The molecule has 9 heteroatoms. The predicted octanol–water partition coefficient (Wildman–Crippen LogP) is 3.62. The van der Waals surface area contributed by atoms with Crippen LogP contribution in [0.1, 0.15) is 44.7 Å². The van der Waals surface area contributed by atoms with Gasteiger partial charge in [-0.25, -0.2) is 12.8 Å². The molecule has 2 aromatic rings. The first-order chi connectivity index (χ1) is 16.0. The van der Waals surface area contributed by atoms with E-state index in [9.17, 15) is 22.4 Å². The zero-order valence-electron chi connectivity index (χ0n) is 20.4. The van der Waals surface area contributed by atoms with Crippen molar-refractivity contribution in [2.45, 2.75) is 59.2 Å². The fraction of sp³-hybridized carbons (Fsp3) is 0.440.